The van der Waals surface area contributed by atoms with Crippen LogP contribution in [0.1, 0.15) is 44.1 Å². The number of carbonyl (C=O) groups is 2. The quantitative estimate of drug-likeness (QED) is 0.632. The smallest absolute Gasteiger partial charge is 0.220 e. The van der Waals surface area contributed by atoms with E-state index in [0.29, 0.717) is 13.2 Å². The standard InChI is InChI=1S/C19H29N3O3/c20-18(23)8-9-19(24)21-10-5-13-25-17-7-4-6-16(14-17)15-22-11-2-1-3-12-22/h4,6-7,14H,1-3,5,8-13,15H2,(H2,20,23)(H,21,24). The zero-order chi connectivity index (χ0) is 17.9. The topological polar surface area (TPSA) is 84.7 Å². The molecule has 2 rings (SSSR count). The van der Waals surface area contributed by atoms with Gasteiger partial charge in [0.1, 0.15) is 5.75 Å². The number of hydrogen-bond donors (Lipinski definition) is 2. The molecule has 1 heterocycles. The average molecular weight is 347 g/mol. The van der Waals surface area contributed by atoms with Crippen molar-refractivity contribution in [1.82, 2.24) is 10.2 Å². The Hall–Kier alpha value is -2.08. The molecule has 1 aromatic carbocycles. The number of primary amides is 1. The molecule has 0 radical (unpaired) electrons. The molecule has 138 valence electrons. The van der Waals surface area contributed by atoms with Gasteiger partial charge in [-0.3, -0.25) is 14.5 Å². The lowest BCUT2D eigenvalue weighted by atomic mass is 10.1. The molecule has 1 fully saturated rings. The highest BCUT2D eigenvalue weighted by Gasteiger charge is 2.10. The van der Waals surface area contributed by atoms with Crippen molar-refractivity contribution in [3.05, 3.63) is 29.8 Å². The van der Waals surface area contributed by atoms with E-state index < -0.39 is 5.91 Å². The summed E-state index contributed by atoms with van der Waals surface area (Å²) in [6.45, 7) is 4.42. The van der Waals surface area contributed by atoms with Gasteiger partial charge in [-0.1, -0.05) is 18.6 Å². The summed E-state index contributed by atoms with van der Waals surface area (Å²) >= 11 is 0. The lowest BCUT2D eigenvalue weighted by Gasteiger charge is -2.26. The van der Waals surface area contributed by atoms with E-state index in [2.05, 4.69) is 22.3 Å². The normalized spacial score (nSPS) is 14.9. The van der Waals surface area contributed by atoms with Crippen LogP contribution in [0.4, 0.5) is 0 Å². The molecule has 2 amide bonds. The molecular weight excluding hydrogens is 318 g/mol. The van der Waals surface area contributed by atoms with Gasteiger partial charge in [0.05, 0.1) is 6.61 Å². The van der Waals surface area contributed by atoms with Crippen LogP contribution in [0.25, 0.3) is 0 Å². The Balaban J connectivity index is 1.63. The SMILES string of the molecule is NC(=O)CCC(=O)NCCCOc1cccc(CN2CCCCC2)c1. The van der Waals surface area contributed by atoms with Gasteiger partial charge in [0, 0.05) is 25.9 Å². The summed E-state index contributed by atoms with van der Waals surface area (Å²) in [5.41, 5.74) is 6.29. The van der Waals surface area contributed by atoms with E-state index in [-0.39, 0.29) is 18.7 Å². The van der Waals surface area contributed by atoms with E-state index >= 15 is 0 Å². The summed E-state index contributed by atoms with van der Waals surface area (Å²) < 4.78 is 5.77. The number of ether oxygens (including phenoxy) is 1. The monoisotopic (exact) mass is 347 g/mol. The Labute approximate surface area is 149 Å². The molecule has 25 heavy (non-hydrogen) atoms. The van der Waals surface area contributed by atoms with Gasteiger partial charge >= 0.3 is 0 Å². The van der Waals surface area contributed by atoms with Gasteiger partial charge in [-0.15, -0.1) is 0 Å². The fourth-order valence-corrected chi connectivity index (χ4v) is 2.92. The first-order valence-electron chi connectivity index (χ1n) is 9.12. The van der Waals surface area contributed by atoms with Gasteiger partial charge in [0.25, 0.3) is 0 Å². The predicted molar refractivity (Wildman–Crippen MR) is 97.1 cm³/mol. The molecule has 0 unspecified atom stereocenters. The molecule has 0 spiro atoms. The van der Waals surface area contributed by atoms with Crippen molar-refractivity contribution in [2.45, 2.75) is 45.1 Å². The molecule has 0 bridgehead atoms. The van der Waals surface area contributed by atoms with E-state index in [0.717, 1.165) is 18.7 Å². The fourth-order valence-electron chi connectivity index (χ4n) is 2.92. The highest BCUT2D eigenvalue weighted by Crippen LogP contribution is 2.17. The van der Waals surface area contributed by atoms with Crippen molar-refractivity contribution in [3.8, 4) is 5.75 Å². The van der Waals surface area contributed by atoms with Crippen LogP contribution in [0.15, 0.2) is 24.3 Å². The number of benzene rings is 1. The molecule has 0 saturated carbocycles. The Morgan fingerprint density at radius 3 is 2.72 bits per heavy atom. The number of carbonyl (C=O) groups excluding carboxylic acids is 2. The number of nitrogens with two attached hydrogens (primary N) is 1. The minimum Gasteiger partial charge on any atom is -0.494 e. The molecular formula is C19H29N3O3. The molecule has 1 aliphatic rings. The lowest BCUT2D eigenvalue weighted by molar-refractivity contribution is -0.125. The van der Waals surface area contributed by atoms with Gasteiger partial charge < -0.3 is 15.8 Å². The number of piperidine rings is 1. The van der Waals surface area contributed by atoms with Crippen LogP contribution in [0.5, 0.6) is 5.75 Å². The third-order valence-electron chi connectivity index (χ3n) is 4.26. The van der Waals surface area contributed by atoms with E-state index in [1.807, 2.05) is 12.1 Å². The fraction of sp³-hybridized carbons (Fsp3) is 0.579. The van der Waals surface area contributed by atoms with Gasteiger partial charge in [-0.25, -0.2) is 0 Å². The maximum absolute atomic E-state index is 11.5. The first-order valence-corrected chi connectivity index (χ1v) is 9.12. The third kappa shape index (κ3) is 8.03. The highest BCUT2D eigenvalue weighted by molar-refractivity contribution is 5.82. The molecule has 6 heteroatoms. The van der Waals surface area contributed by atoms with E-state index in [1.165, 1.54) is 37.9 Å². The zero-order valence-electron chi connectivity index (χ0n) is 14.8. The summed E-state index contributed by atoms with van der Waals surface area (Å²) in [5, 5.41) is 2.76. The summed E-state index contributed by atoms with van der Waals surface area (Å²) in [7, 11) is 0. The Morgan fingerprint density at radius 2 is 1.96 bits per heavy atom. The van der Waals surface area contributed by atoms with Crippen LogP contribution in [-0.4, -0.2) is 43.0 Å². The van der Waals surface area contributed by atoms with Gasteiger partial charge in [-0.2, -0.15) is 0 Å². The van der Waals surface area contributed by atoms with Crippen molar-refractivity contribution in [2.24, 2.45) is 5.73 Å². The van der Waals surface area contributed by atoms with Crippen LogP contribution in [-0.2, 0) is 16.1 Å². The molecule has 1 aliphatic heterocycles. The average Bonchev–Trinajstić information content (AvgIpc) is 2.61. The second kappa shape index (κ2) is 10.7. The van der Waals surface area contributed by atoms with Gasteiger partial charge in [0.15, 0.2) is 0 Å². The minimum absolute atomic E-state index is 0.0894. The van der Waals surface area contributed by atoms with Gasteiger partial charge in [0.2, 0.25) is 11.8 Å². The minimum atomic E-state index is -0.456. The Kier molecular flexibility index (Phi) is 8.25. The van der Waals surface area contributed by atoms with Crippen molar-refractivity contribution in [2.75, 3.05) is 26.2 Å². The van der Waals surface area contributed by atoms with E-state index in [1.54, 1.807) is 0 Å². The van der Waals surface area contributed by atoms with Crippen LogP contribution >= 0.6 is 0 Å². The van der Waals surface area contributed by atoms with Crippen LogP contribution in [0.2, 0.25) is 0 Å². The number of nitrogens with zero attached hydrogens (tertiary/aromatic N) is 1. The van der Waals surface area contributed by atoms with E-state index in [9.17, 15) is 9.59 Å². The first-order chi connectivity index (χ1) is 12.1. The summed E-state index contributed by atoms with van der Waals surface area (Å²) in [6.07, 6.45) is 4.89. The molecule has 1 aromatic rings. The molecule has 0 aromatic heterocycles. The van der Waals surface area contributed by atoms with Crippen molar-refractivity contribution in [1.29, 1.82) is 0 Å². The zero-order valence-corrected chi connectivity index (χ0v) is 14.8. The number of amides is 2. The summed E-state index contributed by atoms with van der Waals surface area (Å²) in [4.78, 5) is 24.5. The van der Waals surface area contributed by atoms with Crippen LogP contribution in [0, 0.1) is 0 Å². The Morgan fingerprint density at radius 1 is 1.16 bits per heavy atom. The number of nitrogens with one attached hydrogen (secondary N) is 1. The van der Waals surface area contributed by atoms with Crippen molar-refractivity contribution >= 4 is 11.8 Å². The molecule has 0 aliphatic carbocycles. The van der Waals surface area contributed by atoms with Crippen molar-refractivity contribution < 1.29 is 14.3 Å². The number of rotatable bonds is 10. The van der Waals surface area contributed by atoms with Gasteiger partial charge in [-0.05, 0) is 50.0 Å². The first kappa shape index (κ1) is 19.2. The summed E-state index contributed by atoms with van der Waals surface area (Å²) in [5.74, 6) is 0.264. The molecule has 3 N–H and O–H groups in total. The highest BCUT2D eigenvalue weighted by atomic mass is 16.5. The second-order valence-electron chi connectivity index (χ2n) is 6.50. The molecule has 1 saturated heterocycles. The number of hydrogen-bond acceptors (Lipinski definition) is 4. The Bertz CT molecular complexity index is 557. The maximum atomic E-state index is 11.5. The largest absolute Gasteiger partial charge is 0.494 e. The van der Waals surface area contributed by atoms with Crippen molar-refractivity contribution in [3.63, 3.8) is 0 Å². The predicted octanol–water partition coefficient (Wildman–Crippen LogP) is 1.82. The van der Waals surface area contributed by atoms with Crippen LogP contribution < -0.4 is 15.8 Å². The molecule has 6 nitrogen and oxygen atoms in total. The third-order valence-corrected chi connectivity index (χ3v) is 4.26. The maximum Gasteiger partial charge on any atom is 0.220 e. The van der Waals surface area contributed by atoms with E-state index in [4.69, 9.17) is 10.5 Å². The lowest BCUT2D eigenvalue weighted by Crippen LogP contribution is -2.29. The summed E-state index contributed by atoms with van der Waals surface area (Å²) in [6, 6.07) is 8.23. The molecule has 0 atom stereocenters. The number of likely N-dealkylation sites (tertiary alicyclic amines) is 1. The van der Waals surface area contributed by atoms with Crippen LogP contribution in [0.3, 0.4) is 0 Å². The second-order valence-corrected chi connectivity index (χ2v) is 6.50.